The molecule has 0 atom stereocenters. The molecule has 0 unspecified atom stereocenters. The molecule has 0 spiro atoms. The molecule has 0 aliphatic carbocycles. The first kappa shape index (κ1) is 16.6. The smallest absolute Gasteiger partial charge is 0.148 e. The van der Waals surface area contributed by atoms with E-state index in [1.165, 1.54) is 11.6 Å². The zero-order chi connectivity index (χ0) is 18.1. The molecule has 4 rings (SSSR count). The van der Waals surface area contributed by atoms with Gasteiger partial charge in [0.25, 0.3) is 0 Å². The minimum absolute atomic E-state index is 0.266. The molecule has 4 nitrogen and oxygen atoms in total. The van der Waals surface area contributed by atoms with Crippen molar-refractivity contribution in [1.29, 1.82) is 0 Å². The number of para-hydroxylation sites is 1. The second-order valence-electron chi connectivity index (χ2n) is 6.87. The van der Waals surface area contributed by atoms with Crippen LogP contribution in [-0.4, -0.2) is 30.4 Å². The number of benzene rings is 2. The largest absolute Gasteiger partial charge is 0.378 e. The third-order valence-electron chi connectivity index (χ3n) is 4.85. The standard InChI is InChI=1S/C21H23FN4/c1-25(2)16-9-7-8-15(14-16)20-17-10-5-6-13-23-21(17)26(24-20)19-12-4-3-11-18(19)22/h3-4,7-9,11-12,14,23H,5-6,10,13H2,1-2H3. The monoisotopic (exact) mass is 350 g/mol. The fourth-order valence-corrected chi connectivity index (χ4v) is 3.46. The fourth-order valence-electron chi connectivity index (χ4n) is 3.46. The van der Waals surface area contributed by atoms with Gasteiger partial charge < -0.3 is 10.2 Å². The van der Waals surface area contributed by atoms with Gasteiger partial charge in [0.05, 0.1) is 5.69 Å². The Balaban J connectivity index is 1.91. The van der Waals surface area contributed by atoms with Crippen LogP contribution in [0.1, 0.15) is 18.4 Å². The van der Waals surface area contributed by atoms with Crippen LogP contribution in [0, 0.1) is 5.82 Å². The Morgan fingerprint density at radius 3 is 2.73 bits per heavy atom. The molecule has 0 saturated heterocycles. The van der Waals surface area contributed by atoms with Crippen molar-refractivity contribution in [2.75, 3.05) is 30.9 Å². The van der Waals surface area contributed by atoms with Gasteiger partial charge in [-0.1, -0.05) is 24.3 Å². The highest BCUT2D eigenvalue weighted by Gasteiger charge is 2.23. The third kappa shape index (κ3) is 2.94. The van der Waals surface area contributed by atoms with Gasteiger partial charge in [-0.05, 0) is 43.5 Å². The maximum absolute atomic E-state index is 14.4. The Labute approximate surface area is 153 Å². The van der Waals surface area contributed by atoms with Gasteiger partial charge in [-0.15, -0.1) is 0 Å². The summed E-state index contributed by atoms with van der Waals surface area (Å²) in [5.41, 5.74) is 4.76. The van der Waals surface area contributed by atoms with Crippen LogP contribution in [-0.2, 0) is 6.42 Å². The number of fused-ring (bicyclic) bond motifs is 1. The first-order valence-electron chi connectivity index (χ1n) is 9.03. The Kier molecular flexibility index (Phi) is 4.37. The third-order valence-corrected chi connectivity index (χ3v) is 4.85. The lowest BCUT2D eigenvalue weighted by Crippen LogP contribution is -2.08. The molecule has 2 aromatic carbocycles. The first-order valence-corrected chi connectivity index (χ1v) is 9.03. The van der Waals surface area contributed by atoms with E-state index in [1.54, 1.807) is 16.8 Å². The normalized spacial score (nSPS) is 13.7. The van der Waals surface area contributed by atoms with E-state index >= 15 is 0 Å². The van der Waals surface area contributed by atoms with Crippen molar-refractivity contribution in [2.45, 2.75) is 19.3 Å². The predicted octanol–water partition coefficient (Wildman–Crippen LogP) is 4.49. The molecule has 134 valence electrons. The summed E-state index contributed by atoms with van der Waals surface area (Å²) < 4.78 is 16.2. The molecule has 0 fully saturated rings. The average molecular weight is 350 g/mol. The number of aromatic nitrogens is 2. The highest BCUT2D eigenvalue weighted by molar-refractivity contribution is 5.74. The van der Waals surface area contributed by atoms with Gasteiger partial charge in [-0.3, -0.25) is 0 Å². The summed E-state index contributed by atoms with van der Waals surface area (Å²) in [5, 5.41) is 8.30. The van der Waals surface area contributed by atoms with Gasteiger partial charge in [0.1, 0.15) is 17.3 Å². The summed E-state index contributed by atoms with van der Waals surface area (Å²) in [6, 6.07) is 15.1. The van der Waals surface area contributed by atoms with E-state index in [0.717, 1.165) is 48.6 Å². The van der Waals surface area contributed by atoms with E-state index in [-0.39, 0.29) is 5.82 Å². The lowest BCUT2D eigenvalue weighted by Gasteiger charge is -2.13. The highest BCUT2D eigenvalue weighted by Crippen LogP contribution is 2.35. The van der Waals surface area contributed by atoms with Crippen LogP contribution >= 0.6 is 0 Å². The molecule has 0 radical (unpaired) electrons. The van der Waals surface area contributed by atoms with Gasteiger partial charge >= 0.3 is 0 Å². The average Bonchev–Trinajstić information content (AvgIpc) is 2.83. The van der Waals surface area contributed by atoms with Gasteiger partial charge in [-0.25, -0.2) is 9.07 Å². The number of nitrogens with zero attached hydrogens (tertiary/aromatic N) is 3. The maximum Gasteiger partial charge on any atom is 0.148 e. The van der Waals surface area contributed by atoms with E-state index in [0.29, 0.717) is 5.69 Å². The second kappa shape index (κ2) is 6.83. The Morgan fingerprint density at radius 1 is 1.08 bits per heavy atom. The van der Waals surface area contributed by atoms with Crippen molar-refractivity contribution < 1.29 is 4.39 Å². The van der Waals surface area contributed by atoms with E-state index in [4.69, 9.17) is 5.10 Å². The summed E-state index contributed by atoms with van der Waals surface area (Å²) in [5.74, 6) is 0.648. The molecule has 1 aliphatic heterocycles. The summed E-state index contributed by atoms with van der Waals surface area (Å²) in [4.78, 5) is 2.08. The van der Waals surface area contributed by atoms with Crippen molar-refractivity contribution in [3.63, 3.8) is 0 Å². The number of anilines is 2. The molecular weight excluding hydrogens is 327 g/mol. The van der Waals surface area contributed by atoms with Gasteiger partial charge in [0, 0.05) is 37.5 Å². The van der Waals surface area contributed by atoms with Crippen molar-refractivity contribution in [2.24, 2.45) is 0 Å². The highest BCUT2D eigenvalue weighted by atomic mass is 19.1. The minimum Gasteiger partial charge on any atom is -0.378 e. The Bertz CT molecular complexity index is 930. The van der Waals surface area contributed by atoms with Crippen LogP contribution in [0.4, 0.5) is 15.9 Å². The summed E-state index contributed by atoms with van der Waals surface area (Å²) in [7, 11) is 4.05. The molecule has 1 aromatic heterocycles. The van der Waals surface area contributed by atoms with Crippen molar-refractivity contribution in [1.82, 2.24) is 9.78 Å². The maximum atomic E-state index is 14.4. The zero-order valence-electron chi connectivity index (χ0n) is 15.2. The molecule has 0 bridgehead atoms. The molecule has 5 heteroatoms. The Hall–Kier alpha value is -2.82. The molecule has 1 N–H and O–H groups in total. The van der Waals surface area contributed by atoms with Crippen LogP contribution in [0.25, 0.3) is 16.9 Å². The van der Waals surface area contributed by atoms with Gasteiger partial charge in [0.2, 0.25) is 0 Å². The summed E-state index contributed by atoms with van der Waals surface area (Å²) >= 11 is 0. The van der Waals surface area contributed by atoms with E-state index < -0.39 is 0 Å². The number of rotatable bonds is 3. The van der Waals surface area contributed by atoms with Gasteiger partial charge in [0.15, 0.2) is 0 Å². The quantitative estimate of drug-likeness (QED) is 0.755. The van der Waals surface area contributed by atoms with Crippen molar-refractivity contribution >= 4 is 11.5 Å². The molecule has 0 amide bonds. The molecular formula is C21H23FN4. The van der Waals surface area contributed by atoms with Crippen molar-refractivity contribution in [3.05, 3.63) is 59.9 Å². The SMILES string of the molecule is CN(C)c1cccc(-c2nn(-c3ccccc3F)c3c2CCCCN3)c1. The lowest BCUT2D eigenvalue weighted by atomic mass is 10.0. The van der Waals surface area contributed by atoms with E-state index in [9.17, 15) is 4.39 Å². The summed E-state index contributed by atoms with van der Waals surface area (Å²) in [6.07, 6.45) is 3.14. The lowest BCUT2D eigenvalue weighted by molar-refractivity contribution is 0.611. The minimum atomic E-state index is -0.266. The molecule has 26 heavy (non-hydrogen) atoms. The number of hydrogen-bond acceptors (Lipinski definition) is 3. The molecule has 3 aromatic rings. The second-order valence-corrected chi connectivity index (χ2v) is 6.87. The number of halogens is 1. The topological polar surface area (TPSA) is 33.1 Å². The molecule has 0 saturated carbocycles. The summed E-state index contributed by atoms with van der Waals surface area (Å²) in [6.45, 7) is 0.879. The Morgan fingerprint density at radius 2 is 1.92 bits per heavy atom. The van der Waals surface area contributed by atoms with E-state index in [2.05, 4.69) is 28.4 Å². The van der Waals surface area contributed by atoms with Crippen LogP contribution < -0.4 is 10.2 Å². The molecule has 1 aliphatic rings. The molecule has 2 heterocycles. The van der Waals surface area contributed by atoms with Crippen LogP contribution in [0.3, 0.4) is 0 Å². The van der Waals surface area contributed by atoms with Crippen LogP contribution in [0.2, 0.25) is 0 Å². The van der Waals surface area contributed by atoms with Crippen LogP contribution in [0.5, 0.6) is 0 Å². The predicted molar refractivity (Wildman–Crippen MR) is 105 cm³/mol. The van der Waals surface area contributed by atoms with E-state index in [1.807, 2.05) is 26.2 Å². The number of hydrogen-bond donors (Lipinski definition) is 1. The fraction of sp³-hybridized carbons (Fsp3) is 0.286. The zero-order valence-corrected chi connectivity index (χ0v) is 15.2. The first-order chi connectivity index (χ1) is 12.6. The number of nitrogens with one attached hydrogen (secondary N) is 1. The van der Waals surface area contributed by atoms with Crippen molar-refractivity contribution in [3.8, 4) is 16.9 Å². The van der Waals surface area contributed by atoms with Crippen LogP contribution in [0.15, 0.2) is 48.5 Å². The van der Waals surface area contributed by atoms with Gasteiger partial charge in [-0.2, -0.15) is 5.10 Å².